The average Bonchev–Trinajstić information content (AvgIpc) is 2.67. The molecule has 0 fully saturated rings. The van der Waals surface area contributed by atoms with Crippen LogP contribution < -0.4 is 0 Å². The molecular formula is C12H13ClN2O2. The molecule has 0 bridgehead atoms. The van der Waals surface area contributed by atoms with E-state index in [1.807, 2.05) is 29.7 Å². The van der Waals surface area contributed by atoms with Crippen molar-refractivity contribution in [3.8, 4) is 0 Å². The fourth-order valence-electron chi connectivity index (χ4n) is 1.87. The first-order valence-corrected chi connectivity index (χ1v) is 5.75. The normalized spacial score (nSPS) is 10.8. The van der Waals surface area contributed by atoms with Crippen LogP contribution in [0.2, 0.25) is 5.02 Å². The van der Waals surface area contributed by atoms with Crippen molar-refractivity contribution in [2.45, 2.75) is 19.9 Å². The summed E-state index contributed by atoms with van der Waals surface area (Å²) in [6.07, 6.45) is 0.162. The van der Waals surface area contributed by atoms with E-state index in [0.29, 0.717) is 17.4 Å². The van der Waals surface area contributed by atoms with Crippen LogP contribution >= 0.6 is 11.6 Å². The first-order valence-electron chi connectivity index (χ1n) is 5.37. The molecule has 17 heavy (non-hydrogen) atoms. The number of nitrogens with zero attached hydrogens (tertiary/aromatic N) is 2. The average molecular weight is 253 g/mol. The van der Waals surface area contributed by atoms with Gasteiger partial charge in [0, 0.05) is 6.54 Å². The second kappa shape index (κ2) is 4.75. The topological polar surface area (TPSA) is 44.1 Å². The first kappa shape index (κ1) is 11.9. The van der Waals surface area contributed by atoms with Crippen molar-refractivity contribution in [1.82, 2.24) is 9.55 Å². The molecule has 0 N–H and O–H groups in total. The molecule has 90 valence electrons. The maximum atomic E-state index is 11.3. The molecule has 0 radical (unpaired) electrons. The van der Waals surface area contributed by atoms with Crippen molar-refractivity contribution in [3.05, 3.63) is 29.0 Å². The number of aromatic nitrogens is 2. The number of methoxy groups -OCH3 is 1. The zero-order valence-electron chi connectivity index (χ0n) is 9.74. The maximum absolute atomic E-state index is 11.3. The van der Waals surface area contributed by atoms with E-state index < -0.39 is 0 Å². The lowest BCUT2D eigenvalue weighted by Gasteiger charge is -2.05. The number of halogens is 1. The van der Waals surface area contributed by atoms with E-state index in [1.54, 1.807) is 0 Å². The second-order valence-electron chi connectivity index (χ2n) is 3.63. The summed E-state index contributed by atoms with van der Waals surface area (Å²) < 4.78 is 6.59. The summed E-state index contributed by atoms with van der Waals surface area (Å²) >= 11 is 6.15. The minimum Gasteiger partial charge on any atom is -0.469 e. The maximum Gasteiger partial charge on any atom is 0.313 e. The number of carbonyl (C=O) groups is 1. The van der Waals surface area contributed by atoms with Gasteiger partial charge in [0.1, 0.15) is 12.2 Å². The Kier molecular flexibility index (Phi) is 3.33. The van der Waals surface area contributed by atoms with Gasteiger partial charge in [0.25, 0.3) is 0 Å². The Morgan fingerprint density at radius 1 is 1.53 bits per heavy atom. The summed E-state index contributed by atoms with van der Waals surface area (Å²) in [5.74, 6) is 0.383. The van der Waals surface area contributed by atoms with Gasteiger partial charge in [-0.05, 0) is 19.1 Å². The molecule has 0 saturated heterocycles. The summed E-state index contributed by atoms with van der Waals surface area (Å²) in [4.78, 5) is 15.7. The molecule has 0 aliphatic carbocycles. The smallest absolute Gasteiger partial charge is 0.313 e. The third-order valence-corrected chi connectivity index (χ3v) is 2.95. The van der Waals surface area contributed by atoms with E-state index in [1.165, 1.54) is 7.11 Å². The number of carbonyl (C=O) groups excluding carboxylic acids is 1. The SMILES string of the molecule is CCn1c(CC(=O)OC)nc2cccc(Cl)c21. The lowest BCUT2D eigenvalue weighted by atomic mass is 10.3. The van der Waals surface area contributed by atoms with Gasteiger partial charge in [-0.1, -0.05) is 17.7 Å². The van der Waals surface area contributed by atoms with Crippen LogP contribution in [-0.4, -0.2) is 22.6 Å². The largest absolute Gasteiger partial charge is 0.469 e. The van der Waals surface area contributed by atoms with Gasteiger partial charge in [0.2, 0.25) is 0 Å². The van der Waals surface area contributed by atoms with Crippen LogP contribution in [0.25, 0.3) is 11.0 Å². The standard InChI is InChI=1S/C12H13ClN2O2/c1-3-15-10(7-11(16)17-2)14-9-6-4-5-8(13)12(9)15/h4-6H,3,7H2,1-2H3. The highest BCUT2D eigenvalue weighted by molar-refractivity contribution is 6.35. The van der Waals surface area contributed by atoms with Crippen LogP contribution in [0.3, 0.4) is 0 Å². The first-order chi connectivity index (χ1) is 8.17. The Hall–Kier alpha value is -1.55. The van der Waals surface area contributed by atoms with Crippen molar-refractivity contribution in [2.24, 2.45) is 0 Å². The van der Waals surface area contributed by atoms with E-state index in [-0.39, 0.29) is 12.4 Å². The van der Waals surface area contributed by atoms with Crippen LogP contribution in [-0.2, 0) is 22.5 Å². The number of rotatable bonds is 3. The summed E-state index contributed by atoms with van der Waals surface area (Å²) in [5, 5.41) is 0.646. The second-order valence-corrected chi connectivity index (χ2v) is 4.04. The van der Waals surface area contributed by atoms with Crippen LogP contribution in [0.1, 0.15) is 12.7 Å². The molecule has 2 aromatic rings. The Morgan fingerprint density at radius 3 is 2.94 bits per heavy atom. The number of esters is 1. The highest BCUT2D eigenvalue weighted by Crippen LogP contribution is 2.24. The Labute approximate surface area is 104 Å². The minimum absolute atomic E-state index is 0.162. The van der Waals surface area contributed by atoms with Gasteiger partial charge >= 0.3 is 5.97 Å². The molecule has 4 nitrogen and oxygen atoms in total. The Balaban J connectivity index is 2.56. The molecule has 5 heteroatoms. The van der Waals surface area contributed by atoms with Gasteiger partial charge in [-0.15, -0.1) is 0 Å². The minimum atomic E-state index is -0.300. The number of fused-ring (bicyclic) bond motifs is 1. The third kappa shape index (κ3) is 2.13. The Bertz CT molecular complexity index is 563. The van der Waals surface area contributed by atoms with Crippen molar-refractivity contribution in [1.29, 1.82) is 0 Å². The Morgan fingerprint density at radius 2 is 2.29 bits per heavy atom. The van der Waals surface area contributed by atoms with Crippen molar-refractivity contribution in [2.75, 3.05) is 7.11 Å². The molecule has 0 spiro atoms. The monoisotopic (exact) mass is 252 g/mol. The highest BCUT2D eigenvalue weighted by Gasteiger charge is 2.14. The third-order valence-electron chi connectivity index (χ3n) is 2.64. The zero-order chi connectivity index (χ0) is 12.4. The number of ether oxygens (including phenoxy) is 1. The van der Waals surface area contributed by atoms with Crippen molar-refractivity contribution >= 4 is 28.6 Å². The number of para-hydroxylation sites is 1. The summed E-state index contributed by atoms with van der Waals surface area (Å²) in [7, 11) is 1.37. The molecule has 0 aliphatic heterocycles. The summed E-state index contributed by atoms with van der Waals surface area (Å²) in [6.45, 7) is 2.71. The van der Waals surface area contributed by atoms with Crippen LogP contribution in [0.5, 0.6) is 0 Å². The predicted molar refractivity (Wildman–Crippen MR) is 66.1 cm³/mol. The van der Waals surface area contributed by atoms with Crippen LogP contribution in [0, 0.1) is 0 Å². The number of aryl methyl sites for hydroxylation is 1. The zero-order valence-corrected chi connectivity index (χ0v) is 10.5. The van der Waals surface area contributed by atoms with Gasteiger partial charge in [-0.2, -0.15) is 0 Å². The fraction of sp³-hybridized carbons (Fsp3) is 0.333. The van der Waals surface area contributed by atoms with Gasteiger partial charge in [-0.25, -0.2) is 4.98 Å². The quantitative estimate of drug-likeness (QED) is 0.788. The van der Waals surface area contributed by atoms with Crippen molar-refractivity contribution in [3.63, 3.8) is 0 Å². The lowest BCUT2D eigenvalue weighted by Crippen LogP contribution is -2.10. The molecule has 2 rings (SSSR count). The van der Waals surface area contributed by atoms with Gasteiger partial charge < -0.3 is 9.30 Å². The highest BCUT2D eigenvalue weighted by atomic mass is 35.5. The molecular weight excluding hydrogens is 240 g/mol. The van der Waals surface area contributed by atoms with Gasteiger partial charge in [0.15, 0.2) is 0 Å². The van der Waals surface area contributed by atoms with Crippen LogP contribution in [0.4, 0.5) is 0 Å². The van der Waals surface area contributed by atoms with E-state index in [9.17, 15) is 4.79 Å². The summed E-state index contributed by atoms with van der Waals surface area (Å²) in [6, 6.07) is 5.55. The number of hydrogen-bond donors (Lipinski definition) is 0. The van der Waals surface area contributed by atoms with Crippen molar-refractivity contribution < 1.29 is 9.53 Å². The molecule has 1 heterocycles. The predicted octanol–water partition coefficient (Wildman–Crippen LogP) is 2.43. The summed E-state index contributed by atoms with van der Waals surface area (Å²) in [5.41, 5.74) is 1.67. The van der Waals surface area contributed by atoms with E-state index >= 15 is 0 Å². The van der Waals surface area contributed by atoms with Crippen LogP contribution in [0.15, 0.2) is 18.2 Å². The number of benzene rings is 1. The molecule has 1 aromatic heterocycles. The fourth-order valence-corrected chi connectivity index (χ4v) is 2.14. The van der Waals surface area contributed by atoms with Gasteiger partial charge in [0.05, 0.1) is 23.2 Å². The molecule has 0 unspecified atom stereocenters. The van der Waals surface area contributed by atoms with E-state index in [4.69, 9.17) is 11.6 Å². The molecule has 0 saturated carbocycles. The van der Waals surface area contributed by atoms with E-state index in [2.05, 4.69) is 9.72 Å². The molecule has 0 atom stereocenters. The lowest BCUT2D eigenvalue weighted by molar-refractivity contribution is -0.139. The molecule has 0 aliphatic rings. The molecule has 0 amide bonds. The molecule has 1 aromatic carbocycles. The number of hydrogen-bond acceptors (Lipinski definition) is 3. The van der Waals surface area contributed by atoms with E-state index in [0.717, 1.165) is 11.0 Å². The number of imidazole rings is 1. The van der Waals surface area contributed by atoms with Gasteiger partial charge in [-0.3, -0.25) is 4.79 Å².